The largest absolute Gasteiger partial charge is 0.496 e. The van der Waals surface area contributed by atoms with Gasteiger partial charge >= 0.3 is 0 Å². The van der Waals surface area contributed by atoms with Crippen LogP contribution in [0.3, 0.4) is 0 Å². The first-order chi connectivity index (χ1) is 8.21. The van der Waals surface area contributed by atoms with E-state index < -0.39 is 0 Å². The standard InChI is InChI=1S/C14H22BrNO/c1-4-6-12(5-2)16-10-11-7-8-14(17-3)13(15)9-11/h7-9,12,16H,4-6,10H2,1-3H3. The summed E-state index contributed by atoms with van der Waals surface area (Å²) in [4.78, 5) is 0. The third-order valence-electron chi connectivity index (χ3n) is 2.94. The highest BCUT2D eigenvalue weighted by Gasteiger charge is 2.05. The molecule has 0 bridgehead atoms. The molecule has 3 heteroatoms. The van der Waals surface area contributed by atoms with Crippen LogP contribution in [0, 0.1) is 0 Å². The first kappa shape index (κ1) is 14.5. The van der Waals surface area contributed by atoms with E-state index in [-0.39, 0.29) is 0 Å². The van der Waals surface area contributed by atoms with Crippen molar-refractivity contribution >= 4 is 15.9 Å². The number of halogens is 1. The summed E-state index contributed by atoms with van der Waals surface area (Å²) in [5.41, 5.74) is 1.28. The fourth-order valence-electron chi connectivity index (χ4n) is 1.88. The molecule has 0 heterocycles. The quantitative estimate of drug-likeness (QED) is 0.817. The van der Waals surface area contributed by atoms with Crippen LogP contribution in [0.2, 0.25) is 0 Å². The highest BCUT2D eigenvalue weighted by atomic mass is 79.9. The van der Waals surface area contributed by atoms with Crippen LogP contribution >= 0.6 is 15.9 Å². The van der Waals surface area contributed by atoms with Gasteiger partial charge in [0.1, 0.15) is 5.75 Å². The SMILES string of the molecule is CCCC(CC)NCc1ccc(OC)c(Br)c1. The molecule has 0 radical (unpaired) electrons. The molecule has 0 spiro atoms. The first-order valence-electron chi connectivity index (χ1n) is 6.27. The monoisotopic (exact) mass is 299 g/mol. The summed E-state index contributed by atoms with van der Waals surface area (Å²) in [6.07, 6.45) is 3.66. The predicted molar refractivity (Wildman–Crippen MR) is 76.5 cm³/mol. The minimum absolute atomic E-state index is 0.626. The van der Waals surface area contributed by atoms with Crippen molar-refractivity contribution in [3.05, 3.63) is 28.2 Å². The van der Waals surface area contributed by atoms with Crippen LogP contribution in [0.15, 0.2) is 22.7 Å². The van der Waals surface area contributed by atoms with Gasteiger partial charge in [0.15, 0.2) is 0 Å². The smallest absolute Gasteiger partial charge is 0.133 e. The Balaban J connectivity index is 2.54. The minimum Gasteiger partial charge on any atom is -0.496 e. The van der Waals surface area contributed by atoms with Crippen molar-refractivity contribution in [1.82, 2.24) is 5.32 Å². The van der Waals surface area contributed by atoms with Gasteiger partial charge in [-0.2, -0.15) is 0 Å². The number of ether oxygens (including phenoxy) is 1. The molecule has 1 unspecified atom stereocenters. The van der Waals surface area contributed by atoms with Gasteiger partial charge in [0, 0.05) is 12.6 Å². The lowest BCUT2D eigenvalue weighted by Gasteiger charge is -2.16. The lowest BCUT2D eigenvalue weighted by atomic mass is 10.1. The molecule has 0 aliphatic heterocycles. The highest BCUT2D eigenvalue weighted by Crippen LogP contribution is 2.25. The molecule has 0 aromatic heterocycles. The Morgan fingerprint density at radius 1 is 1.35 bits per heavy atom. The second kappa shape index (κ2) is 7.72. The van der Waals surface area contributed by atoms with E-state index in [0.29, 0.717) is 6.04 Å². The van der Waals surface area contributed by atoms with Crippen LogP contribution in [-0.2, 0) is 6.54 Å². The van der Waals surface area contributed by atoms with Crippen LogP contribution in [0.4, 0.5) is 0 Å². The van der Waals surface area contributed by atoms with Crippen LogP contribution in [0.5, 0.6) is 5.75 Å². The van der Waals surface area contributed by atoms with E-state index >= 15 is 0 Å². The van der Waals surface area contributed by atoms with E-state index in [2.05, 4.69) is 47.2 Å². The van der Waals surface area contributed by atoms with Gasteiger partial charge in [-0.3, -0.25) is 0 Å². The van der Waals surface area contributed by atoms with Gasteiger partial charge in [-0.15, -0.1) is 0 Å². The van der Waals surface area contributed by atoms with Gasteiger partial charge in [-0.25, -0.2) is 0 Å². The number of rotatable bonds is 7. The van der Waals surface area contributed by atoms with Crippen molar-refractivity contribution in [3.8, 4) is 5.75 Å². The average molecular weight is 300 g/mol. The van der Waals surface area contributed by atoms with Crippen LogP contribution in [-0.4, -0.2) is 13.2 Å². The fourth-order valence-corrected chi connectivity index (χ4v) is 2.47. The van der Waals surface area contributed by atoms with E-state index in [4.69, 9.17) is 4.74 Å². The molecule has 2 nitrogen and oxygen atoms in total. The molecular weight excluding hydrogens is 278 g/mol. The summed E-state index contributed by atoms with van der Waals surface area (Å²) in [6.45, 7) is 5.38. The zero-order valence-corrected chi connectivity index (χ0v) is 12.5. The van der Waals surface area contributed by atoms with Crippen molar-refractivity contribution in [2.75, 3.05) is 7.11 Å². The van der Waals surface area contributed by atoms with Crippen LogP contribution in [0.1, 0.15) is 38.7 Å². The molecule has 1 aromatic carbocycles. The third kappa shape index (κ3) is 4.68. The number of hydrogen-bond donors (Lipinski definition) is 1. The number of hydrogen-bond acceptors (Lipinski definition) is 2. The van der Waals surface area contributed by atoms with Gasteiger partial charge in [0.2, 0.25) is 0 Å². The van der Waals surface area contributed by atoms with E-state index in [1.54, 1.807) is 7.11 Å². The zero-order valence-electron chi connectivity index (χ0n) is 10.9. The summed E-state index contributed by atoms with van der Waals surface area (Å²) < 4.78 is 6.23. The molecular formula is C14H22BrNO. The number of benzene rings is 1. The maximum atomic E-state index is 5.22. The molecule has 1 rings (SSSR count). The normalized spacial score (nSPS) is 12.5. The van der Waals surface area contributed by atoms with Gasteiger partial charge in [0.05, 0.1) is 11.6 Å². The van der Waals surface area contributed by atoms with Gasteiger partial charge in [-0.1, -0.05) is 26.3 Å². The molecule has 0 amide bonds. The summed E-state index contributed by atoms with van der Waals surface area (Å²) >= 11 is 3.51. The number of nitrogens with one attached hydrogen (secondary N) is 1. The van der Waals surface area contributed by atoms with Gasteiger partial charge in [-0.05, 0) is 46.5 Å². The minimum atomic E-state index is 0.626. The van der Waals surface area contributed by atoms with Crippen molar-refractivity contribution < 1.29 is 4.74 Å². The molecule has 0 saturated carbocycles. The molecule has 0 aliphatic carbocycles. The van der Waals surface area contributed by atoms with E-state index in [9.17, 15) is 0 Å². The Morgan fingerprint density at radius 2 is 2.12 bits per heavy atom. The van der Waals surface area contributed by atoms with E-state index in [0.717, 1.165) is 16.8 Å². The predicted octanol–water partition coefficient (Wildman–Crippen LogP) is 4.13. The topological polar surface area (TPSA) is 21.3 Å². The molecule has 17 heavy (non-hydrogen) atoms. The Labute approximate surface area is 113 Å². The first-order valence-corrected chi connectivity index (χ1v) is 7.06. The Hall–Kier alpha value is -0.540. The lowest BCUT2D eigenvalue weighted by Crippen LogP contribution is -2.27. The maximum Gasteiger partial charge on any atom is 0.133 e. The highest BCUT2D eigenvalue weighted by molar-refractivity contribution is 9.10. The summed E-state index contributed by atoms with van der Waals surface area (Å²) in [7, 11) is 1.69. The zero-order chi connectivity index (χ0) is 12.7. The van der Waals surface area contributed by atoms with Crippen molar-refractivity contribution in [2.45, 2.75) is 45.7 Å². The lowest BCUT2D eigenvalue weighted by molar-refractivity contribution is 0.411. The summed E-state index contributed by atoms with van der Waals surface area (Å²) in [6, 6.07) is 6.85. The van der Waals surface area contributed by atoms with Crippen molar-refractivity contribution in [3.63, 3.8) is 0 Å². The molecule has 1 aromatic rings. The van der Waals surface area contributed by atoms with Crippen molar-refractivity contribution in [1.29, 1.82) is 0 Å². The number of methoxy groups -OCH3 is 1. The Bertz CT molecular complexity index is 341. The molecule has 1 N–H and O–H groups in total. The van der Waals surface area contributed by atoms with Gasteiger partial charge in [0.25, 0.3) is 0 Å². The Kier molecular flexibility index (Phi) is 6.60. The van der Waals surface area contributed by atoms with E-state index in [1.165, 1.54) is 24.8 Å². The molecule has 0 saturated heterocycles. The second-order valence-corrected chi connectivity index (χ2v) is 5.10. The molecule has 1 atom stereocenters. The third-order valence-corrected chi connectivity index (χ3v) is 3.56. The average Bonchev–Trinajstić information content (AvgIpc) is 2.34. The molecule has 0 fully saturated rings. The second-order valence-electron chi connectivity index (χ2n) is 4.24. The van der Waals surface area contributed by atoms with Gasteiger partial charge < -0.3 is 10.1 Å². The van der Waals surface area contributed by atoms with Crippen LogP contribution < -0.4 is 10.1 Å². The van der Waals surface area contributed by atoms with Crippen LogP contribution in [0.25, 0.3) is 0 Å². The molecule has 0 aliphatic rings. The fraction of sp³-hybridized carbons (Fsp3) is 0.571. The summed E-state index contributed by atoms with van der Waals surface area (Å²) in [5, 5.41) is 3.59. The van der Waals surface area contributed by atoms with E-state index in [1.807, 2.05) is 6.07 Å². The molecule has 96 valence electrons. The van der Waals surface area contributed by atoms with Crippen molar-refractivity contribution in [2.24, 2.45) is 0 Å². The summed E-state index contributed by atoms with van der Waals surface area (Å²) in [5.74, 6) is 0.884. The Morgan fingerprint density at radius 3 is 2.65 bits per heavy atom. The maximum absolute atomic E-state index is 5.22.